The van der Waals surface area contributed by atoms with Crippen LogP contribution in [0.25, 0.3) is 0 Å². The van der Waals surface area contributed by atoms with Gasteiger partial charge in [-0.15, -0.1) is 0 Å². The van der Waals surface area contributed by atoms with Crippen molar-refractivity contribution in [3.05, 3.63) is 89.2 Å². The zero-order valence-corrected chi connectivity index (χ0v) is 17.2. The Kier molecular flexibility index (Phi) is 5.07. The summed E-state index contributed by atoms with van der Waals surface area (Å²) in [4.78, 5) is 0.854. The topological polar surface area (TPSA) is 24.1 Å². The molecule has 1 heterocycles. The summed E-state index contributed by atoms with van der Waals surface area (Å²) in [7, 11) is 0. The van der Waals surface area contributed by atoms with Gasteiger partial charge in [-0.25, -0.2) is 4.39 Å². The number of para-hydroxylation sites is 1. The second kappa shape index (κ2) is 7.51. The molecule has 0 fully saturated rings. The molecule has 28 heavy (non-hydrogen) atoms. The predicted octanol–water partition coefficient (Wildman–Crippen LogP) is 7.09. The van der Waals surface area contributed by atoms with Crippen molar-refractivity contribution >= 4 is 23.3 Å². The van der Waals surface area contributed by atoms with Crippen LogP contribution in [0.5, 0.6) is 0 Å². The minimum atomic E-state index is -0.220. The van der Waals surface area contributed by atoms with E-state index in [4.69, 9.17) is 0 Å². The Morgan fingerprint density at radius 2 is 1.86 bits per heavy atom. The lowest BCUT2D eigenvalue weighted by atomic mass is 9.73. The Hall–Kier alpha value is -2.46. The molecule has 2 N–H and O–H groups in total. The summed E-state index contributed by atoms with van der Waals surface area (Å²) in [5.41, 5.74) is 6.25. The lowest BCUT2D eigenvalue weighted by Gasteiger charge is -2.39. The third-order valence-electron chi connectivity index (χ3n) is 5.36. The average molecular weight is 393 g/mol. The quantitative estimate of drug-likeness (QED) is 0.464. The summed E-state index contributed by atoms with van der Waals surface area (Å²) in [5, 5.41) is 3.73. The number of rotatable bonds is 4. The van der Waals surface area contributed by atoms with Crippen molar-refractivity contribution in [1.29, 1.82) is 0 Å². The van der Waals surface area contributed by atoms with Crippen molar-refractivity contribution in [3.63, 3.8) is 0 Å². The molecule has 4 heteroatoms. The van der Waals surface area contributed by atoms with Gasteiger partial charge in [0.05, 0.1) is 6.04 Å². The molecule has 1 aliphatic heterocycles. The molecule has 3 aromatic rings. The molecule has 0 amide bonds. The summed E-state index contributed by atoms with van der Waals surface area (Å²) < 4.78 is 16.9. The SMILES string of the molecule is Cc1ccc2c(c1)C(C)(C)CC(c1ccccc1NSc1cccc(F)c1)N2. The first kappa shape index (κ1) is 18.9. The summed E-state index contributed by atoms with van der Waals surface area (Å²) in [6.07, 6.45) is 1.01. The van der Waals surface area contributed by atoms with Gasteiger partial charge in [-0.3, -0.25) is 0 Å². The van der Waals surface area contributed by atoms with Gasteiger partial charge in [0.15, 0.2) is 0 Å². The maximum atomic E-state index is 13.5. The molecule has 1 aliphatic rings. The average Bonchev–Trinajstić information content (AvgIpc) is 2.67. The molecular formula is C24H25FN2S. The zero-order valence-electron chi connectivity index (χ0n) is 16.4. The first-order valence-corrected chi connectivity index (χ1v) is 10.4. The van der Waals surface area contributed by atoms with E-state index in [1.165, 1.54) is 40.4 Å². The van der Waals surface area contributed by atoms with E-state index in [0.29, 0.717) is 0 Å². The van der Waals surface area contributed by atoms with E-state index in [2.05, 4.69) is 67.2 Å². The molecular weight excluding hydrogens is 367 g/mol. The van der Waals surface area contributed by atoms with Crippen LogP contribution < -0.4 is 10.0 Å². The third kappa shape index (κ3) is 3.88. The number of fused-ring (bicyclic) bond motifs is 1. The van der Waals surface area contributed by atoms with Crippen molar-refractivity contribution < 1.29 is 4.39 Å². The number of aryl methyl sites for hydroxylation is 1. The molecule has 3 aromatic carbocycles. The number of nitrogens with one attached hydrogen (secondary N) is 2. The van der Waals surface area contributed by atoms with Gasteiger partial charge in [0.1, 0.15) is 5.82 Å². The van der Waals surface area contributed by atoms with E-state index in [9.17, 15) is 4.39 Å². The van der Waals surface area contributed by atoms with E-state index >= 15 is 0 Å². The zero-order chi connectivity index (χ0) is 19.7. The van der Waals surface area contributed by atoms with Crippen LogP contribution in [0, 0.1) is 12.7 Å². The van der Waals surface area contributed by atoms with Gasteiger partial charge < -0.3 is 10.0 Å². The largest absolute Gasteiger partial charge is 0.378 e. The third-order valence-corrected chi connectivity index (χ3v) is 6.17. The van der Waals surface area contributed by atoms with E-state index in [1.54, 1.807) is 12.1 Å². The minimum absolute atomic E-state index is 0.0834. The number of benzene rings is 3. The summed E-state index contributed by atoms with van der Waals surface area (Å²) in [5.74, 6) is -0.220. The predicted molar refractivity (Wildman–Crippen MR) is 118 cm³/mol. The molecule has 144 valence electrons. The fourth-order valence-electron chi connectivity index (χ4n) is 3.93. The van der Waals surface area contributed by atoms with Crippen LogP contribution in [0.1, 0.15) is 43.0 Å². The Balaban J connectivity index is 1.61. The Labute approximate surface area is 170 Å². The van der Waals surface area contributed by atoms with Crippen LogP contribution in [0.3, 0.4) is 0 Å². The standard InChI is InChI=1S/C24H25FN2S/c1-16-11-12-22-20(13-16)24(2,3)15-23(26-22)19-9-4-5-10-21(19)27-28-18-8-6-7-17(25)14-18/h4-14,23,26-27H,15H2,1-3H3. The molecule has 0 radical (unpaired) electrons. The van der Waals surface area contributed by atoms with E-state index in [1.807, 2.05) is 12.1 Å². The minimum Gasteiger partial charge on any atom is -0.378 e. The highest BCUT2D eigenvalue weighted by atomic mass is 32.2. The highest BCUT2D eigenvalue weighted by Crippen LogP contribution is 2.45. The van der Waals surface area contributed by atoms with Gasteiger partial charge in [-0.2, -0.15) is 0 Å². The summed E-state index contributed by atoms with van der Waals surface area (Å²) >= 11 is 1.44. The normalized spacial score (nSPS) is 17.5. The van der Waals surface area contributed by atoms with Gasteiger partial charge in [0, 0.05) is 16.3 Å². The molecule has 0 saturated carbocycles. The second-order valence-electron chi connectivity index (χ2n) is 8.08. The van der Waals surface area contributed by atoms with Crippen molar-refractivity contribution in [2.45, 2.75) is 43.5 Å². The highest BCUT2D eigenvalue weighted by molar-refractivity contribution is 8.00. The van der Waals surface area contributed by atoms with Gasteiger partial charge in [-0.05, 0) is 72.2 Å². The molecule has 0 saturated heterocycles. The fraction of sp³-hybridized carbons (Fsp3) is 0.250. The van der Waals surface area contributed by atoms with Crippen LogP contribution in [0.2, 0.25) is 0 Å². The number of hydrogen-bond donors (Lipinski definition) is 2. The van der Waals surface area contributed by atoms with Gasteiger partial charge in [0.25, 0.3) is 0 Å². The Morgan fingerprint density at radius 1 is 1.04 bits per heavy atom. The first-order valence-electron chi connectivity index (χ1n) is 9.57. The number of anilines is 2. The van der Waals surface area contributed by atoms with Crippen LogP contribution in [0.4, 0.5) is 15.8 Å². The lowest BCUT2D eigenvalue weighted by molar-refractivity contribution is 0.427. The van der Waals surface area contributed by atoms with Crippen molar-refractivity contribution in [3.8, 4) is 0 Å². The molecule has 0 bridgehead atoms. The Bertz CT molecular complexity index is 999. The van der Waals surface area contributed by atoms with E-state index in [-0.39, 0.29) is 17.3 Å². The highest BCUT2D eigenvalue weighted by Gasteiger charge is 2.34. The van der Waals surface area contributed by atoms with Crippen molar-refractivity contribution in [2.75, 3.05) is 10.0 Å². The molecule has 4 rings (SSSR count). The van der Waals surface area contributed by atoms with Crippen LogP contribution >= 0.6 is 11.9 Å². The molecule has 0 aromatic heterocycles. The van der Waals surface area contributed by atoms with Gasteiger partial charge in [0.2, 0.25) is 0 Å². The fourth-order valence-corrected chi connectivity index (χ4v) is 4.66. The molecule has 0 aliphatic carbocycles. The number of hydrogen-bond acceptors (Lipinski definition) is 3. The second-order valence-corrected chi connectivity index (χ2v) is 8.96. The molecule has 1 atom stereocenters. The van der Waals surface area contributed by atoms with E-state index < -0.39 is 0 Å². The van der Waals surface area contributed by atoms with Gasteiger partial charge in [-0.1, -0.05) is 55.8 Å². The molecule has 1 unspecified atom stereocenters. The Morgan fingerprint density at radius 3 is 2.68 bits per heavy atom. The monoisotopic (exact) mass is 392 g/mol. The smallest absolute Gasteiger partial charge is 0.124 e. The van der Waals surface area contributed by atoms with Crippen molar-refractivity contribution in [2.24, 2.45) is 0 Å². The lowest BCUT2D eigenvalue weighted by Crippen LogP contribution is -2.31. The first-order chi connectivity index (χ1) is 13.4. The van der Waals surface area contributed by atoms with Crippen LogP contribution in [0.15, 0.2) is 71.6 Å². The summed E-state index contributed by atoms with van der Waals surface area (Å²) in [6, 6.07) is 21.9. The van der Waals surface area contributed by atoms with E-state index in [0.717, 1.165) is 17.0 Å². The maximum absolute atomic E-state index is 13.5. The van der Waals surface area contributed by atoms with Crippen LogP contribution in [-0.4, -0.2) is 0 Å². The molecule has 0 spiro atoms. The molecule has 2 nitrogen and oxygen atoms in total. The van der Waals surface area contributed by atoms with Gasteiger partial charge >= 0.3 is 0 Å². The maximum Gasteiger partial charge on any atom is 0.124 e. The van der Waals surface area contributed by atoms with Crippen LogP contribution in [-0.2, 0) is 5.41 Å². The van der Waals surface area contributed by atoms with Crippen molar-refractivity contribution in [1.82, 2.24) is 0 Å². The number of halogens is 1. The summed E-state index contributed by atoms with van der Waals surface area (Å²) in [6.45, 7) is 6.78.